The highest BCUT2D eigenvalue weighted by molar-refractivity contribution is 5.81. The largest absolute Gasteiger partial charge is 0.359 e. The average Bonchev–Trinajstić information content (AvgIpc) is 2.97. The van der Waals surface area contributed by atoms with Crippen LogP contribution in [-0.2, 0) is 17.6 Å². The van der Waals surface area contributed by atoms with E-state index in [4.69, 9.17) is 5.10 Å². The van der Waals surface area contributed by atoms with E-state index in [1.165, 1.54) is 11.3 Å². The van der Waals surface area contributed by atoms with Crippen molar-refractivity contribution < 1.29 is 4.79 Å². The van der Waals surface area contributed by atoms with Crippen molar-refractivity contribution in [2.45, 2.75) is 51.6 Å². The lowest BCUT2D eigenvalue weighted by Crippen LogP contribution is -2.46. The van der Waals surface area contributed by atoms with Crippen LogP contribution >= 0.6 is 0 Å². The van der Waals surface area contributed by atoms with Gasteiger partial charge in [0.25, 0.3) is 0 Å². The van der Waals surface area contributed by atoms with Gasteiger partial charge in [0, 0.05) is 51.8 Å². The summed E-state index contributed by atoms with van der Waals surface area (Å²) in [5, 5.41) is 13.9. The van der Waals surface area contributed by atoms with Gasteiger partial charge in [-0.05, 0) is 32.3 Å². The number of rotatable bonds is 5. The minimum Gasteiger partial charge on any atom is -0.359 e. The first-order chi connectivity index (χ1) is 11.0. The number of aromatic nitrogens is 2. The third kappa shape index (κ3) is 4.71. The van der Waals surface area contributed by atoms with Gasteiger partial charge in [-0.15, -0.1) is 0 Å². The van der Waals surface area contributed by atoms with Crippen molar-refractivity contribution in [1.29, 1.82) is 0 Å². The molecule has 0 saturated carbocycles. The van der Waals surface area contributed by atoms with Crippen LogP contribution in [0.5, 0.6) is 0 Å². The molecule has 7 nitrogen and oxygen atoms in total. The van der Waals surface area contributed by atoms with E-state index in [0.29, 0.717) is 25.0 Å². The number of guanidine groups is 1. The van der Waals surface area contributed by atoms with Crippen LogP contribution in [-0.4, -0.2) is 48.3 Å². The quantitative estimate of drug-likeness (QED) is 0.549. The molecule has 0 aromatic carbocycles. The number of amides is 1. The monoisotopic (exact) mass is 320 g/mol. The first-order valence-electron chi connectivity index (χ1n) is 8.28. The van der Waals surface area contributed by atoms with Gasteiger partial charge in [-0.2, -0.15) is 5.10 Å². The van der Waals surface area contributed by atoms with Crippen molar-refractivity contribution in [3.63, 3.8) is 0 Å². The lowest BCUT2D eigenvalue weighted by molar-refractivity contribution is -0.120. The fourth-order valence-corrected chi connectivity index (χ4v) is 2.71. The van der Waals surface area contributed by atoms with Crippen molar-refractivity contribution in [2.75, 3.05) is 20.6 Å². The van der Waals surface area contributed by atoms with E-state index in [0.717, 1.165) is 25.2 Å². The van der Waals surface area contributed by atoms with Gasteiger partial charge in [0.15, 0.2) is 5.96 Å². The summed E-state index contributed by atoms with van der Waals surface area (Å²) in [5.41, 5.74) is 2.54. The van der Waals surface area contributed by atoms with Gasteiger partial charge < -0.3 is 16.0 Å². The molecule has 1 unspecified atom stereocenters. The summed E-state index contributed by atoms with van der Waals surface area (Å²) in [5.74, 6) is 0.764. The van der Waals surface area contributed by atoms with Crippen LogP contribution in [0, 0.1) is 0 Å². The number of aryl methyl sites for hydroxylation is 1. The van der Waals surface area contributed by atoms with Crippen LogP contribution in [0.4, 0.5) is 0 Å². The predicted molar refractivity (Wildman–Crippen MR) is 91.6 cm³/mol. The molecule has 1 aromatic heterocycles. The van der Waals surface area contributed by atoms with Crippen molar-refractivity contribution in [2.24, 2.45) is 4.99 Å². The lowest BCUT2D eigenvalue weighted by atomic mass is 9.94. The fraction of sp³-hybridized carbons (Fsp3) is 0.688. The topological polar surface area (TPSA) is 83.3 Å². The third-order valence-corrected chi connectivity index (χ3v) is 4.11. The van der Waals surface area contributed by atoms with Gasteiger partial charge in [0.05, 0.1) is 5.69 Å². The van der Waals surface area contributed by atoms with Gasteiger partial charge in [-0.25, -0.2) is 0 Å². The van der Waals surface area contributed by atoms with Gasteiger partial charge >= 0.3 is 0 Å². The summed E-state index contributed by atoms with van der Waals surface area (Å²) in [4.78, 5) is 15.5. The molecule has 128 valence electrons. The number of carbonyl (C=O) groups excluding carboxylic acids is 1. The highest BCUT2D eigenvalue weighted by Gasteiger charge is 2.22. The van der Waals surface area contributed by atoms with Gasteiger partial charge in [0.2, 0.25) is 5.91 Å². The number of hydrogen-bond acceptors (Lipinski definition) is 3. The van der Waals surface area contributed by atoms with Crippen molar-refractivity contribution in [1.82, 2.24) is 25.7 Å². The molecule has 1 aromatic rings. The summed E-state index contributed by atoms with van der Waals surface area (Å²) in [7, 11) is 3.39. The Morgan fingerprint density at radius 1 is 1.52 bits per heavy atom. The highest BCUT2D eigenvalue weighted by Crippen LogP contribution is 2.21. The summed E-state index contributed by atoms with van der Waals surface area (Å²) in [6.07, 6.45) is 5.62. The lowest BCUT2D eigenvalue weighted by Gasteiger charge is -2.24. The molecule has 0 saturated heterocycles. The Bertz CT molecular complexity index is 563. The standard InChI is InChI=1S/C16H28N6O/c1-11(2)22-10-12-5-6-13(9-14(12)21-22)20-16(18-4)19-8-7-15(23)17-3/h10-11,13H,5-9H2,1-4H3,(H,17,23)(H2,18,19,20). The van der Waals surface area contributed by atoms with Crippen LogP contribution in [0.2, 0.25) is 0 Å². The minimum atomic E-state index is 0.0227. The highest BCUT2D eigenvalue weighted by atomic mass is 16.1. The zero-order valence-electron chi connectivity index (χ0n) is 14.5. The summed E-state index contributed by atoms with van der Waals surface area (Å²) < 4.78 is 2.05. The summed E-state index contributed by atoms with van der Waals surface area (Å²) in [6.45, 7) is 4.86. The zero-order valence-corrected chi connectivity index (χ0v) is 14.5. The number of nitrogens with one attached hydrogen (secondary N) is 3. The number of carbonyl (C=O) groups is 1. The van der Waals surface area contributed by atoms with Crippen LogP contribution in [0.25, 0.3) is 0 Å². The molecule has 2 rings (SSSR count). The Morgan fingerprint density at radius 2 is 2.30 bits per heavy atom. The van der Waals surface area contributed by atoms with E-state index in [-0.39, 0.29) is 5.91 Å². The average molecular weight is 320 g/mol. The Hall–Kier alpha value is -2.05. The molecule has 1 aliphatic carbocycles. The Kier molecular flexibility index (Phi) is 6.01. The van der Waals surface area contributed by atoms with E-state index < -0.39 is 0 Å². The number of nitrogens with zero attached hydrogens (tertiary/aromatic N) is 3. The van der Waals surface area contributed by atoms with Gasteiger partial charge in [-0.1, -0.05) is 0 Å². The Labute approximate surface area is 137 Å². The minimum absolute atomic E-state index is 0.0227. The fourth-order valence-electron chi connectivity index (χ4n) is 2.71. The summed E-state index contributed by atoms with van der Waals surface area (Å²) in [6, 6.07) is 0.718. The molecule has 0 spiro atoms. The molecule has 0 radical (unpaired) electrons. The smallest absolute Gasteiger partial charge is 0.221 e. The molecule has 1 amide bonds. The van der Waals surface area contributed by atoms with Crippen LogP contribution < -0.4 is 16.0 Å². The SMILES string of the molecule is CN=C(NCCC(=O)NC)NC1CCc2cn(C(C)C)nc2C1. The molecule has 7 heteroatoms. The van der Waals surface area contributed by atoms with Crippen molar-refractivity contribution >= 4 is 11.9 Å². The second-order valence-electron chi connectivity index (χ2n) is 6.18. The maximum atomic E-state index is 11.2. The molecule has 1 atom stereocenters. The molecule has 0 fully saturated rings. The van der Waals surface area contributed by atoms with Gasteiger partial charge in [0.1, 0.15) is 0 Å². The number of hydrogen-bond donors (Lipinski definition) is 3. The molecule has 23 heavy (non-hydrogen) atoms. The van der Waals surface area contributed by atoms with Crippen LogP contribution in [0.15, 0.2) is 11.2 Å². The van der Waals surface area contributed by atoms with E-state index >= 15 is 0 Å². The molecule has 3 N–H and O–H groups in total. The summed E-state index contributed by atoms with van der Waals surface area (Å²) >= 11 is 0. The Morgan fingerprint density at radius 3 is 2.96 bits per heavy atom. The van der Waals surface area contributed by atoms with E-state index in [1.807, 2.05) is 4.68 Å². The second kappa shape index (κ2) is 7.99. The maximum absolute atomic E-state index is 11.2. The molecular weight excluding hydrogens is 292 g/mol. The molecule has 0 bridgehead atoms. The van der Waals surface area contributed by atoms with Crippen molar-refractivity contribution in [3.05, 3.63) is 17.5 Å². The Balaban J connectivity index is 1.86. The van der Waals surface area contributed by atoms with E-state index in [9.17, 15) is 4.79 Å². The second-order valence-corrected chi connectivity index (χ2v) is 6.18. The third-order valence-electron chi connectivity index (χ3n) is 4.11. The first kappa shape index (κ1) is 17.3. The normalized spacial score (nSPS) is 17.8. The first-order valence-corrected chi connectivity index (χ1v) is 8.28. The molecule has 1 aliphatic rings. The maximum Gasteiger partial charge on any atom is 0.221 e. The van der Waals surface area contributed by atoms with Gasteiger partial charge in [-0.3, -0.25) is 14.5 Å². The zero-order chi connectivity index (χ0) is 16.8. The van der Waals surface area contributed by atoms with Crippen LogP contribution in [0.3, 0.4) is 0 Å². The molecular formula is C16H28N6O. The predicted octanol–water partition coefficient (Wildman–Crippen LogP) is 0.622. The molecule has 1 heterocycles. The number of aliphatic imine (C=N–C) groups is 1. The van der Waals surface area contributed by atoms with Crippen LogP contribution in [0.1, 0.15) is 44.0 Å². The van der Waals surface area contributed by atoms with E-state index in [2.05, 4.69) is 41.0 Å². The molecule has 0 aliphatic heterocycles. The number of fused-ring (bicyclic) bond motifs is 1. The van der Waals surface area contributed by atoms with Crippen molar-refractivity contribution in [3.8, 4) is 0 Å². The van der Waals surface area contributed by atoms with E-state index in [1.54, 1.807) is 14.1 Å².